The van der Waals surface area contributed by atoms with E-state index >= 15 is 0 Å². The lowest BCUT2D eigenvalue weighted by atomic mass is 9.88. The third-order valence-corrected chi connectivity index (χ3v) is 6.07. The van der Waals surface area contributed by atoms with Crippen LogP contribution in [0, 0.1) is 0 Å². The molecule has 0 unspecified atom stereocenters. The summed E-state index contributed by atoms with van der Waals surface area (Å²) in [5.41, 5.74) is 7.28. The van der Waals surface area contributed by atoms with Crippen LogP contribution in [-0.4, -0.2) is 24.7 Å². The molecule has 1 aliphatic heterocycles. The van der Waals surface area contributed by atoms with Crippen molar-refractivity contribution in [3.8, 4) is 0 Å². The third-order valence-electron chi connectivity index (χ3n) is 5.74. The van der Waals surface area contributed by atoms with Crippen molar-refractivity contribution >= 4 is 45.8 Å². The fraction of sp³-hybridized carbons (Fsp3) is 0.200. The van der Waals surface area contributed by atoms with E-state index in [1.807, 2.05) is 48.5 Å². The molecule has 0 saturated carbocycles. The zero-order valence-corrected chi connectivity index (χ0v) is 18.3. The number of hydrogen-bond donors (Lipinski definition) is 1. The second kappa shape index (κ2) is 7.62. The zero-order chi connectivity index (χ0) is 21.5. The minimum absolute atomic E-state index is 0.0809. The molecule has 30 heavy (non-hydrogen) atoms. The maximum Gasteiger partial charge on any atom is 0.271 e. The number of allylic oxidation sites excluding steroid dienone is 1. The summed E-state index contributed by atoms with van der Waals surface area (Å²) in [6.07, 6.45) is 3.84. The normalized spacial score (nSPS) is 15.2. The highest BCUT2D eigenvalue weighted by atomic mass is 35.5. The summed E-state index contributed by atoms with van der Waals surface area (Å²) in [5, 5.41) is 6.67. The Balaban J connectivity index is 1.59. The molecule has 1 aliphatic rings. The zero-order valence-electron chi connectivity index (χ0n) is 17.5. The van der Waals surface area contributed by atoms with Crippen LogP contribution in [0.15, 0.2) is 65.8 Å². The Morgan fingerprint density at radius 3 is 2.67 bits per heavy atom. The molecule has 1 amide bonds. The molecule has 5 heteroatoms. The predicted octanol–water partition coefficient (Wildman–Crippen LogP) is 5.89. The molecule has 0 aliphatic carbocycles. The van der Waals surface area contributed by atoms with E-state index in [9.17, 15) is 4.79 Å². The Hall–Kier alpha value is -3.11. The fourth-order valence-electron chi connectivity index (χ4n) is 3.93. The van der Waals surface area contributed by atoms with E-state index in [-0.39, 0.29) is 11.4 Å². The van der Waals surface area contributed by atoms with Crippen LogP contribution in [0.3, 0.4) is 0 Å². The molecule has 3 aromatic carbocycles. The summed E-state index contributed by atoms with van der Waals surface area (Å²) in [6.45, 7) is 6.45. The SMILES string of the molecule is CC1=CC(C)(C)N(C)c2cc(Cl)c(/C=N\NC(=O)c3cccc4ccccc34)cc21. The molecule has 1 heterocycles. The molecule has 0 saturated heterocycles. The average molecular weight is 418 g/mol. The van der Waals surface area contributed by atoms with Crippen molar-refractivity contribution in [2.45, 2.75) is 26.3 Å². The Morgan fingerprint density at radius 2 is 1.87 bits per heavy atom. The maximum atomic E-state index is 12.7. The van der Waals surface area contributed by atoms with Crippen LogP contribution in [0.2, 0.25) is 5.02 Å². The molecule has 1 N–H and O–H groups in total. The molecule has 0 atom stereocenters. The van der Waals surface area contributed by atoms with Gasteiger partial charge in [0.15, 0.2) is 0 Å². The first kappa shape index (κ1) is 20.2. The monoisotopic (exact) mass is 417 g/mol. The van der Waals surface area contributed by atoms with Gasteiger partial charge >= 0.3 is 0 Å². The van der Waals surface area contributed by atoms with Crippen molar-refractivity contribution in [2.75, 3.05) is 11.9 Å². The number of anilines is 1. The van der Waals surface area contributed by atoms with Crippen LogP contribution in [0.5, 0.6) is 0 Å². The number of nitrogens with zero attached hydrogens (tertiary/aromatic N) is 2. The molecule has 4 rings (SSSR count). The van der Waals surface area contributed by atoms with E-state index in [1.54, 1.807) is 12.3 Å². The number of carbonyl (C=O) groups is 1. The number of benzene rings is 3. The van der Waals surface area contributed by atoms with Gasteiger partial charge in [-0.15, -0.1) is 0 Å². The second-order valence-electron chi connectivity index (χ2n) is 8.16. The van der Waals surface area contributed by atoms with Gasteiger partial charge in [0.2, 0.25) is 0 Å². The highest BCUT2D eigenvalue weighted by Crippen LogP contribution is 2.40. The van der Waals surface area contributed by atoms with Crippen molar-refractivity contribution in [1.29, 1.82) is 0 Å². The molecule has 152 valence electrons. The number of hydrogen-bond acceptors (Lipinski definition) is 3. The summed E-state index contributed by atoms with van der Waals surface area (Å²) in [7, 11) is 2.07. The van der Waals surface area contributed by atoms with Crippen molar-refractivity contribution in [1.82, 2.24) is 5.43 Å². The van der Waals surface area contributed by atoms with Gasteiger partial charge in [-0.05, 0) is 55.3 Å². The fourth-order valence-corrected chi connectivity index (χ4v) is 4.14. The maximum absolute atomic E-state index is 12.7. The molecule has 0 bridgehead atoms. The van der Waals surface area contributed by atoms with Crippen LogP contribution >= 0.6 is 11.6 Å². The third kappa shape index (κ3) is 3.59. The number of rotatable bonds is 3. The van der Waals surface area contributed by atoms with Crippen molar-refractivity contribution in [3.63, 3.8) is 0 Å². The van der Waals surface area contributed by atoms with Gasteiger partial charge in [0.1, 0.15) is 0 Å². The lowest BCUT2D eigenvalue weighted by Gasteiger charge is -2.40. The smallest absolute Gasteiger partial charge is 0.271 e. The second-order valence-corrected chi connectivity index (χ2v) is 8.56. The molecule has 0 fully saturated rings. The van der Waals surface area contributed by atoms with Crippen LogP contribution in [-0.2, 0) is 0 Å². The minimum Gasteiger partial charge on any atom is -0.365 e. The first-order chi connectivity index (χ1) is 14.3. The highest BCUT2D eigenvalue weighted by molar-refractivity contribution is 6.33. The summed E-state index contributed by atoms with van der Waals surface area (Å²) in [4.78, 5) is 14.9. The number of carbonyl (C=O) groups excluding carboxylic acids is 1. The first-order valence-electron chi connectivity index (χ1n) is 9.86. The number of halogens is 1. The Labute approximate surface area is 181 Å². The predicted molar refractivity (Wildman–Crippen MR) is 127 cm³/mol. The van der Waals surface area contributed by atoms with Gasteiger partial charge in [0.25, 0.3) is 5.91 Å². The lowest BCUT2D eigenvalue weighted by Crippen LogP contribution is -2.42. The summed E-state index contributed by atoms with van der Waals surface area (Å²) < 4.78 is 0. The molecule has 0 radical (unpaired) electrons. The number of fused-ring (bicyclic) bond motifs is 2. The van der Waals surface area contributed by atoms with E-state index in [2.05, 4.69) is 49.3 Å². The largest absolute Gasteiger partial charge is 0.365 e. The van der Waals surface area contributed by atoms with E-state index in [4.69, 9.17) is 11.6 Å². The van der Waals surface area contributed by atoms with Crippen molar-refractivity contribution < 1.29 is 4.79 Å². The van der Waals surface area contributed by atoms with Gasteiger partial charge < -0.3 is 4.90 Å². The molecular weight excluding hydrogens is 394 g/mol. The van der Waals surface area contributed by atoms with Gasteiger partial charge in [0.05, 0.1) is 16.8 Å². The topological polar surface area (TPSA) is 44.7 Å². The highest BCUT2D eigenvalue weighted by Gasteiger charge is 2.29. The Bertz CT molecular complexity index is 1200. The number of likely N-dealkylation sites (N-methyl/N-ethyl adjacent to an activating group) is 1. The standard InChI is InChI=1S/C25H24ClN3O/c1-16-14-25(2,3)29(4)23-13-22(26)18(12-21(16)23)15-27-28-24(30)20-11-7-9-17-8-5-6-10-19(17)20/h5-15H,1-4H3,(H,28,30)/b27-15-. The van der Waals surface area contributed by atoms with Gasteiger partial charge in [-0.1, -0.05) is 54.1 Å². The lowest BCUT2D eigenvalue weighted by molar-refractivity contribution is 0.0957. The summed E-state index contributed by atoms with van der Waals surface area (Å²) >= 11 is 6.53. The van der Waals surface area contributed by atoms with Crippen molar-refractivity contribution in [2.24, 2.45) is 5.10 Å². The van der Waals surface area contributed by atoms with Crippen molar-refractivity contribution in [3.05, 3.63) is 82.4 Å². The Morgan fingerprint density at radius 1 is 1.13 bits per heavy atom. The van der Waals surface area contributed by atoms with E-state index in [0.717, 1.165) is 27.6 Å². The van der Waals surface area contributed by atoms with E-state index in [1.165, 1.54) is 5.57 Å². The van der Waals surface area contributed by atoms with Gasteiger partial charge in [-0.3, -0.25) is 4.79 Å². The minimum atomic E-state index is -0.255. The molecule has 4 nitrogen and oxygen atoms in total. The number of nitrogens with one attached hydrogen (secondary N) is 1. The average Bonchev–Trinajstić information content (AvgIpc) is 2.72. The van der Waals surface area contributed by atoms with Crippen LogP contribution in [0.25, 0.3) is 16.3 Å². The van der Waals surface area contributed by atoms with E-state index < -0.39 is 0 Å². The molecule has 0 aromatic heterocycles. The summed E-state index contributed by atoms with van der Waals surface area (Å²) in [5.74, 6) is -0.255. The number of hydrazone groups is 1. The van der Waals surface area contributed by atoms with E-state index in [0.29, 0.717) is 10.6 Å². The van der Waals surface area contributed by atoms with Gasteiger partial charge in [-0.25, -0.2) is 5.43 Å². The van der Waals surface area contributed by atoms with Gasteiger partial charge in [0, 0.05) is 29.4 Å². The van der Waals surface area contributed by atoms with Crippen LogP contribution in [0.4, 0.5) is 5.69 Å². The van der Waals surface area contributed by atoms with Crippen LogP contribution < -0.4 is 10.3 Å². The molecule has 0 spiro atoms. The summed E-state index contributed by atoms with van der Waals surface area (Å²) in [6, 6.07) is 17.4. The van der Waals surface area contributed by atoms with Gasteiger partial charge in [-0.2, -0.15) is 5.10 Å². The quantitative estimate of drug-likeness (QED) is 0.426. The molecular formula is C25H24ClN3O. The Kier molecular flexibility index (Phi) is 5.12. The number of amides is 1. The first-order valence-corrected chi connectivity index (χ1v) is 10.2. The molecule has 3 aromatic rings. The van der Waals surface area contributed by atoms with Crippen LogP contribution in [0.1, 0.15) is 42.3 Å².